The van der Waals surface area contributed by atoms with Crippen molar-refractivity contribution in [2.24, 2.45) is 17.8 Å². The molecule has 3 aliphatic heterocycles. The average molecular weight is 361 g/mol. The third kappa shape index (κ3) is 3.01. The molecular weight excluding hydrogens is 324 g/mol. The topological polar surface area (TPSA) is 41.6 Å². The summed E-state index contributed by atoms with van der Waals surface area (Å²) in [5, 5.41) is 3.35. The number of hydrogen-bond donors (Lipinski definition) is 1. The van der Waals surface area contributed by atoms with Gasteiger partial charge in [-0.3, -0.25) is 9.69 Å². The molecule has 3 heterocycles. The highest BCUT2D eigenvalue weighted by Crippen LogP contribution is 2.55. The van der Waals surface area contributed by atoms with Crippen LogP contribution in [0.5, 0.6) is 0 Å². The number of likely N-dealkylation sites (tertiary alicyclic amines) is 1. The van der Waals surface area contributed by atoms with Crippen LogP contribution in [-0.4, -0.2) is 48.2 Å². The van der Waals surface area contributed by atoms with Crippen LogP contribution in [-0.2, 0) is 9.53 Å². The van der Waals surface area contributed by atoms with Gasteiger partial charge in [-0.05, 0) is 38.5 Å². The van der Waals surface area contributed by atoms with E-state index in [1.807, 2.05) is 0 Å². The molecule has 2 aliphatic carbocycles. The zero-order valence-corrected chi connectivity index (χ0v) is 16.3. The van der Waals surface area contributed by atoms with Gasteiger partial charge in [-0.25, -0.2) is 0 Å². The van der Waals surface area contributed by atoms with E-state index in [0.29, 0.717) is 23.8 Å². The first kappa shape index (κ1) is 17.5. The monoisotopic (exact) mass is 360 g/mol. The summed E-state index contributed by atoms with van der Waals surface area (Å²) in [6, 6.07) is 0.795. The number of nitrogens with one attached hydrogen (secondary N) is 1. The molecule has 0 aromatic heterocycles. The van der Waals surface area contributed by atoms with Crippen molar-refractivity contribution in [1.82, 2.24) is 10.2 Å². The SMILES string of the molecule is O=C(NC[C@H]1[C@H]2CN(C3CCCCC3)C[C@]23CC[C@H]1O3)C1CCCCC1. The molecular formula is C22H36N2O2. The first-order valence-corrected chi connectivity index (χ1v) is 11.4. The van der Waals surface area contributed by atoms with E-state index < -0.39 is 0 Å². The molecule has 1 amide bonds. The molecule has 0 aromatic carbocycles. The van der Waals surface area contributed by atoms with Crippen molar-refractivity contribution in [2.75, 3.05) is 19.6 Å². The maximum atomic E-state index is 12.6. The molecule has 0 radical (unpaired) electrons. The number of rotatable bonds is 4. The Morgan fingerprint density at radius 3 is 2.50 bits per heavy atom. The Bertz CT molecular complexity index is 526. The fourth-order valence-corrected chi connectivity index (χ4v) is 6.95. The Kier molecular flexibility index (Phi) is 4.77. The second kappa shape index (κ2) is 7.09. The smallest absolute Gasteiger partial charge is 0.223 e. The minimum atomic E-state index is 0.127. The Labute approximate surface area is 158 Å². The number of carbonyl (C=O) groups excluding carboxylic acids is 1. The van der Waals surface area contributed by atoms with E-state index in [2.05, 4.69) is 10.2 Å². The lowest BCUT2D eigenvalue weighted by atomic mass is 9.73. The summed E-state index contributed by atoms with van der Waals surface area (Å²) in [5.41, 5.74) is 0.127. The minimum Gasteiger partial charge on any atom is -0.370 e. The number of ether oxygens (including phenoxy) is 1. The molecule has 5 rings (SSSR count). The van der Waals surface area contributed by atoms with Crippen molar-refractivity contribution >= 4 is 5.91 Å². The minimum absolute atomic E-state index is 0.127. The van der Waals surface area contributed by atoms with Gasteiger partial charge in [0.05, 0.1) is 11.7 Å². The standard InChI is InChI=1S/C22H36N2O2/c25-21(16-7-3-1-4-8-16)23-13-18-19-14-24(17-9-5-2-6-10-17)15-22(19)12-11-20(18)26-22/h16-20H,1-15H2,(H,23,25)/t18-,19+,20+,22+/m0/s1. The van der Waals surface area contributed by atoms with Gasteiger partial charge in [0.2, 0.25) is 5.91 Å². The highest BCUT2D eigenvalue weighted by molar-refractivity contribution is 5.78. The van der Waals surface area contributed by atoms with Crippen LogP contribution in [0, 0.1) is 17.8 Å². The predicted molar refractivity (Wildman–Crippen MR) is 102 cm³/mol. The molecule has 5 aliphatic rings. The van der Waals surface area contributed by atoms with Gasteiger partial charge in [-0.1, -0.05) is 38.5 Å². The number of carbonyl (C=O) groups is 1. The Morgan fingerprint density at radius 1 is 1.00 bits per heavy atom. The number of hydrogen-bond acceptors (Lipinski definition) is 3. The average Bonchev–Trinajstić information content (AvgIpc) is 3.36. The molecule has 4 heteroatoms. The molecule has 1 spiro atoms. The van der Waals surface area contributed by atoms with Gasteiger partial charge in [-0.15, -0.1) is 0 Å². The van der Waals surface area contributed by atoms with E-state index in [1.165, 1.54) is 70.8 Å². The predicted octanol–water partition coefficient (Wildman–Crippen LogP) is 3.50. The quantitative estimate of drug-likeness (QED) is 0.834. The maximum absolute atomic E-state index is 12.6. The first-order valence-electron chi connectivity index (χ1n) is 11.4. The molecule has 0 aromatic rings. The zero-order chi connectivity index (χ0) is 17.6. The van der Waals surface area contributed by atoms with Crippen molar-refractivity contribution in [3.63, 3.8) is 0 Å². The van der Waals surface area contributed by atoms with Gasteiger partial charge in [0.25, 0.3) is 0 Å². The molecule has 146 valence electrons. The maximum Gasteiger partial charge on any atom is 0.223 e. The van der Waals surface area contributed by atoms with Crippen molar-refractivity contribution in [1.29, 1.82) is 0 Å². The molecule has 2 saturated carbocycles. The van der Waals surface area contributed by atoms with Crippen LogP contribution in [0.1, 0.15) is 77.0 Å². The zero-order valence-electron chi connectivity index (χ0n) is 16.3. The van der Waals surface area contributed by atoms with Gasteiger partial charge >= 0.3 is 0 Å². The largest absolute Gasteiger partial charge is 0.370 e. The van der Waals surface area contributed by atoms with Crippen LogP contribution in [0.4, 0.5) is 0 Å². The summed E-state index contributed by atoms with van der Waals surface area (Å²) in [6.07, 6.45) is 15.8. The third-order valence-electron chi connectivity index (χ3n) is 8.39. The summed E-state index contributed by atoms with van der Waals surface area (Å²) in [7, 11) is 0. The Hall–Kier alpha value is -0.610. The van der Waals surface area contributed by atoms with E-state index in [4.69, 9.17) is 4.74 Å². The van der Waals surface area contributed by atoms with Crippen LogP contribution in [0.2, 0.25) is 0 Å². The van der Waals surface area contributed by atoms with Gasteiger partial charge in [0, 0.05) is 43.4 Å². The van der Waals surface area contributed by atoms with Crippen LogP contribution in [0.25, 0.3) is 0 Å². The Morgan fingerprint density at radius 2 is 1.73 bits per heavy atom. The molecule has 3 saturated heterocycles. The van der Waals surface area contributed by atoms with E-state index in [0.717, 1.165) is 32.0 Å². The van der Waals surface area contributed by atoms with E-state index in [1.54, 1.807) is 0 Å². The normalized spacial score (nSPS) is 41.5. The molecule has 0 unspecified atom stereocenters. The highest BCUT2D eigenvalue weighted by atomic mass is 16.5. The summed E-state index contributed by atoms with van der Waals surface area (Å²) < 4.78 is 6.60. The second-order valence-corrected chi connectivity index (χ2v) is 9.83. The highest BCUT2D eigenvalue weighted by Gasteiger charge is 2.63. The van der Waals surface area contributed by atoms with E-state index in [-0.39, 0.29) is 11.5 Å². The van der Waals surface area contributed by atoms with Gasteiger partial charge in [0.1, 0.15) is 0 Å². The number of nitrogens with zero attached hydrogens (tertiary/aromatic N) is 1. The van der Waals surface area contributed by atoms with Crippen molar-refractivity contribution in [3.05, 3.63) is 0 Å². The summed E-state index contributed by atoms with van der Waals surface area (Å²) in [6.45, 7) is 3.22. The fraction of sp³-hybridized carbons (Fsp3) is 0.955. The lowest BCUT2D eigenvalue weighted by molar-refractivity contribution is -0.126. The number of amides is 1. The molecule has 1 N–H and O–H groups in total. The first-order chi connectivity index (χ1) is 12.8. The Balaban J connectivity index is 1.21. The lowest BCUT2D eigenvalue weighted by Gasteiger charge is -2.32. The molecule has 5 fully saturated rings. The summed E-state index contributed by atoms with van der Waals surface area (Å²) in [4.78, 5) is 15.4. The third-order valence-corrected chi connectivity index (χ3v) is 8.39. The van der Waals surface area contributed by atoms with Crippen molar-refractivity contribution in [3.8, 4) is 0 Å². The van der Waals surface area contributed by atoms with E-state index in [9.17, 15) is 4.79 Å². The van der Waals surface area contributed by atoms with Crippen LogP contribution < -0.4 is 5.32 Å². The lowest BCUT2D eigenvalue weighted by Crippen LogP contribution is -2.43. The fourth-order valence-electron chi connectivity index (χ4n) is 6.95. The molecule has 26 heavy (non-hydrogen) atoms. The molecule has 4 nitrogen and oxygen atoms in total. The molecule has 4 atom stereocenters. The molecule has 2 bridgehead atoms. The summed E-state index contributed by atoms with van der Waals surface area (Å²) in [5.74, 6) is 1.79. The van der Waals surface area contributed by atoms with Crippen LogP contribution in [0.15, 0.2) is 0 Å². The van der Waals surface area contributed by atoms with Crippen LogP contribution >= 0.6 is 0 Å². The van der Waals surface area contributed by atoms with Crippen LogP contribution in [0.3, 0.4) is 0 Å². The van der Waals surface area contributed by atoms with Gasteiger partial charge in [0.15, 0.2) is 0 Å². The van der Waals surface area contributed by atoms with Gasteiger partial charge in [-0.2, -0.15) is 0 Å². The summed E-state index contributed by atoms with van der Waals surface area (Å²) >= 11 is 0. The second-order valence-electron chi connectivity index (χ2n) is 9.83. The number of fused-ring (bicyclic) bond motifs is 1. The van der Waals surface area contributed by atoms with Crippen molar-refractivity contribution < 1.29 is 9.53 Å². The van der Waals surface area contributed by atoms with Gasteiger partial charge < -0.3 is 10.1 Å². The van der Waals surface area contributed by atoms with E-state index >= 15 is 0 Å². The van der Waals surface area contributed by atoms with Crippen molar-refractivity contribution in [2.45, 2.75) is 94.8 Å².